The molecule has 27 heavy (non-hydrogen) atoms. The van der Waals surface area contributed by atoms with Crippen molar-refractivity contribution in [2.24, 2.45) is 0 Å². The van der Waals surface area contributed by atoms with Crippen molar-refractivity contribution in [1.29, 1.82) is 0 Å². The number of rotatable bonds is 3. The number of imidazole rings is 1. The highest BCUT2D eigenvalue weighted by molar-refractivity contribution is 5.98. The van der Waals surface area contributed by atoms with Crippen LogP contribution in [0.2, 0.25) is 0 Å². The summed E-state index contributed by atoms with van der Waals surface area (Å²) in [5.74, 6) is 1.50. The molecule has 0 radical (unpaired) electrons. The maximum Gasteiger partial charge on any atom is 0.253 e. The number of pyridine rings is 1. The molecule has 1 aromatic carbocycles. The molecule has 1 amide bonds. The molecule has 0 aliphatic carbocycles. The number of benzene rings is 1. The normalized spacial score (nSPS) is 17.4. The zero-order chi connectivity index (χ0) is 19.0. The number of hydrogen-bond donors (Lipinski definition) is 0. The molecular weight excluding hydrogens is 336 g/mol. The van der Waals surface area contributed by atoms with E-state index in [1.54, 1.807) is 0 Å². The van der Waals surface area contributed by atoms with Gasteiger partial charge >= 0.3 is 0 Å². The highest BCUT2D eigenvalue weighted by Crippen LogP contribution is 2.27. The molecule has 3 heterocycles. The second-order valence-corrected chi connectivity index (χ2v) is 7.47. The van der Waals surface area contributed by atoms with Crippen LogP contribution in [0.5, 0.6) is 0 Å². The molecule has 140 valence electrons. The summed E-state index contributed by atoms with van der Waals surface area (Å²) < 4.78 is 2.18. The van der Waals surface area contributed by atoms with Gasteiger partial charge in [0.25, 0.3) is 5.91 Å². The predicted octanol–water partition coefficient (Wildman–Crippen LogP) is 4.09. The molecule has 0 unspecified atom stereocenters. The first kappa shape index (κ1) is 17.7. The minimum Gasteiger partial charge on any atom is -0.338 e. The average Bonchev–Trinajstić information content (AvgIpc) is 3.15. The first-order valence-corrected chi connectivity index (χ1v) is 9.75. The Balaban J connectivity index is 1.59. The van der Waals surface area contributed by atoms with Crippen LogP contribution in [-0.2, 0) is 6.54 Å². The van der Waals surface area contributed by atoms with Crippen molar-refractivity contribution in [2.75, 3.05) is 13.1 Å². The predicted molar refractivity (Wildman–Crippen MR) is 107 cm³/mol. The maximum absolute atomic E-state index is 13.2. The van der Waals surface area contributed by atoms with Gasteiger partial charge < -0.3 is 9.47 Å². The highest BCUT2D eigenvalue weighted by Gasteiger charge is 2.28. The molecule has 1 aliphatic heterocycles. The molecule has 0 N–H and O–H groups in total. The van der Waals surface area contributed by atoms with E-state index >= 15 is 0 Å². The van der Waals surface area contributed by atoms with Crippen molar-refractivity contribution < 1.29 is 4.79 Å². The summed E-state index contributed by atoms with van der Waals surface area (Å²) >= 11 is 0. The van der Waals surface area contributed by atoms with Gasteiger partial charge in [0.2, 0.25) is 0 Å². The van der Waals surface area contributed by atoms with Crippen LogP contribution < -0.4 is 0 Å². The highest BCUT2D eigenvalue weighted by atomic mass is 16.2. The van der Waals surface area contributed by atoms with Gasteiger partial charge in [-0.3, -0.25) is 9.78 Å². The second-order valence-electron chi connectivity index (χ2n) is 7.47. The lowest BCUT2D eigenvalue weighted by atomic mass is 9.96. The fourth-order valence-corrected chi connectivity index (χ4v) is 4.21. The topological polar surface area (TPSA) is 51.0 Å². The van der Waals surface area contributed by atoms with Crippen LogP contribution in [0.4, 0.5) is 0 Å². The molecule has 1 aliphatic rings. The number of nitrogens with zero attached hydrogens (tertiary/aromatic N) is 4. The number of carbonyl (C=O) groups excluding carboxylic acids is 1. The van der Waals surface area contributed by atoms with Crippen molar-refractivity contribution in [2.45, 2.75) is 46.1 Å². The van der Waals surface area contributed by atoms with Gasteiger partial charge in [-0.25, -0.2) is 4.98 Å². The Morgan fingerprint density at radius 3 is 2.93 bits per heavy atom. The Bertz CT molecular complexity index is 991. The molecule has 1 atom stereocenters. The summed E-state index contributed by atoms with van der Waals surface area (Å²) in [4.78, 5) is 24.3. The zero-order valence-corrected chi connectivity index (χ0v) is 16.3. The fraction of sp³-hybridized carbons (Fsp3) is 0.409. The van der Waals surface area contributed by atoms with Gasteiger partial charge in [0.1, 0.15) is 5.82 Å². The number of fused-ring (bicyclic) bond motifs is 1. The molecule has 1 fully saturated rings. The van der Waals surface area contributed by atoms with Crippen molar-refractivity contribution in [3.63, 3.8) is 0 Å². The van der Waals surface area contributed by atoms with Gasteiger partial charge in [0.15, 0.2) is 0 Å². The summed E-state index contributed by atoms with van der Waals surface area (Å²) in [6.07, 6.45) is 5.98. The minimum atomic E-state index is 0.0946. The Labute approximate surface area is 160 Å². The average molecular weight is 362 g/mol. The monoisotopic (exact) mass is 362 g/mol. The van der Waals surface area contributed by atoms with Crippen LogP contribution in [0.3, 0.4) is 0 Å². The van der Waals surface area contributed by atoms with E-state index in [4.69, 9.17) is 0 Å². The van der Waals surface area contributed by atoms with Gasteiger partial charge in [-0.05, 0) is 57.4 Å². The number of piperidine rings is 1. The Morgan fingerprint density at radius 1 is 1.26 bits per heavy atom. The third-order valence-electron chi connectivity index (χ3n) is 5.55. The molecule has 5 heteroatoms. The first-order chi connectivity index (χ1) is 13.1. The van der Waals surface area contributed by atoms with E-state index in [9.17, 15) is 4.79 Å². The molecule has 2 aromatic heterocycles. The number of likely N-dealkylation sites (tertiary alicyclic amines) is 1. The standard InChI is InChI=1S/C22H26N4O/c1-4-25-11-9-23-21(25)18-6-5-10-26(14-18)22(27)17-7-8-19-15(2)12-16(3)24-20(19)13-17/h7-9,11-13,18H,4-6,10,14H2,1-3H3/t18-/m1/s1. The van der Waals surface area contributed by atoms with E-state index in [1.165, 1.54) is 5.56 Å². The smallest absolute Gasteiger partial charge is 0.253 e. The van der Waals surface area contributed by atoms with E-state index in [0.717, 1.165) is 60.5 Å². The Morgan fingerprint density at radius 2 is 2.11 bits per heavy atom. The molecule has 0 saturated carbocycles. The van der Waals surface area contributed by atoms with Crippen LogP contribution in [0.15, 0.2) is 36.7 Å². The van der Waals surface area contributed by atoms with Crippen LogP contribution in [-0.4, -0.2) is 38.4 Å². The molecule has 1 saturated heterocycles. The summed E-state index contributed by atoms with van der Waals surface area (Å²) in [6, 6.07) is 7.98. The lowest BCUT2D eigenvalue weighted by Gasteiger charge is -2.32. The number of hydrogen-bond acceptors (Lipinski definition) is 3. The largest absolute Gasteiger partial charge is 0.338 e. The Hall–Kier alpha value is -2.69. The Kier molecular flexibility index (Phi) is 4.68. The van der Waals surface area contributed by atoms with Crippen molar-refractivity contribution in [1.82, 2.24) is 19.4 Å². The van der Waals surface area contributed by atoms with E-state index < -0.39 is 0 Å². The van der Waals surface area contributed by atoms with E-state index in [0.29, 0.717) is 5.92 Å². The van der Waals surface area contributed by atoms with Gasteiger partial charge in [-0.1, -0.05) is 6.07 Å². The molecule has 0 spiro atoms. The SMILES string of the molecule is CCn1ccnc1[C@@H]1CCCN(C(=O)c2ccc3c(C)cc(C)nc3c2)C1. The minimum absolute atomic E-state index is 0.0946. The second kappa shape index (κ2) is 7.14. The molecule has 5 nitrogen and oxygen atoms in total. The summed E-state index contributed by atoms with van der Waals surface area (Å²) in [5, 5.41) is 1.11. The lowest BCUT2D eigenvalue weighted by Crippen LogP contribution is -2.39. The van der Waals surface area contributed by atoms with Gasteiger partial charge in [0, 0.05) is 54.6 Å². The molecule has 0 bridgehead atoms. The third kappa shape index (κ3) is 3.34. The number of carbonyl (C=O) groups is 1. The van der Waals surface area contributed by atoms with E-state index in [1.807, 2.05) is 42.4 Å². The lowest BCUT2D eigenvalue weighted by molar-refractivity contribution is 0.0703. The maximum atomic E-state index is 13.2. The fourth-order valence-electron chi connectivity index (χ4n) is 4.21. The first-order valence-electron chi connectivity index (χ1n) is 9.75. The molecule has 3 aromatic rings. The van der Waals surface area contributed by atoms with Crippen molar-refractivity contribution in [3.05, 3.63) is 59.3 Å². The van der Waals surface area contributed by atoms with Crippen LogP contribution in [0.1, 0.15) is 53.1 Å². The van der Waals surface area contributed by atoms with Gasteiger partial charge in [-0.2, -0.15) is 0 Å². The van der Waals surface area contributed by atoms with E-state index in [2.05, 4.69) is 34.4 Å². The summed E-state index contributed by atoms with van der Waals surface area (Å²) in [6.45, 7) is 8.65. The summed E-state index contributed by atoms with van der Waals surface area (Å²) in [5.41, 5.74) is 3.79. The van der Waals surface area contributed by atoms with E-state index in [-0.39, 0.29) is 5.91 Å². The van der Waals surface area contributed by atoms with Crippen LogP contribution >= 0.6 is 0 Å². The van der Waals surface area contributed by atoms with Gasteiger partial charge in [0.05, 0.1) is 5.52 Å². The van der Waals surface area contributed by atoms with Crippen LogP contribution in [0.25, 0.3) is 10.9 Å². The zero-order valence-electron chi connectivity index (χ0n) is 16.3. The third-order valence-corrected chi connectivity index (χ3v) is 5.55. The molecule has 4 rings (SSSR count). The number of amides is 1. The molecular formula is C22H26N4O. The van der Waals surface area contributed by atoms with Crippen molar-refractivity contribution in [3.8, 4) is 0 Å². The van der Waals surface area contributed by atoms with Crippen LogP contribution in [0, 0.1) is 13.8 Å². The quantitative estimate of drug-likeness (QED) is 0.705. The van der Waals surface area contributed by atoms with Crippen molar-refractivity contribution >= 4 is 16.8 Å². The summed E-state index contributed by atoms with van der Waals surface area (Å²) in [7, 11) is 0. The number of aryl methyl sites for hydroxylation is 3. The number of aromatic nitrogens is 3. The van der Waals surface area contributed by atoms with Gasteiger partial charge in [-0.15, -0.1) is 0 Å².